The number of anilines is 2. The summed E-state index contributed by atoms with van der Waals surface area (Å²) in [5.41, 5.74) is 2.48. The second-order valence-electron chi connectivity index (χ2n) is 8.02. The molecule has 3 atom stereocenters. The van der Waals surface area contributed by atoms with Crippen LogP contribution in [0.15, 0.2) is 59.5 Å². The summed E-state index contributed by atoms with van der Waals surface area (Å²) in [6.07, 6.45) is -1.63. The molecule has 0 bridgehead atoms. The maximum atomic E-state index is 14.2. The summed E-state index contributed by atoms with van der Waals surface area (Å²) in [7, 11) is 0. The zero-order valence-corrected chi connectivity index (χ0v) is 18.0. The summed E-state index contributed by atoms with van der Waals surface area (Å²) >= 11 is 1.47. The molecule has 1 amide bonds. The lowest BCUT2D eigenvalue weighted by Gasteiger charge is -2.43. The zero-order chi connectivity index (χ0) is 22.5. The van der Waals surface area contributed by atoms with E-state index in [1.54, 1.807) is 12.1 Å². The molecule has 5 nitrogen and oxygen atoms in total. The lowest BCUT2D eigenvalue weighted by Crippen LogP contribution is -2.45. The van der Waals surface area contributed by atoms with E-state index in [9.17, 15) is 18.0 Å². The van der Waals surface area contributed by atoms with E-state index in [0.717, 1.165) is 20.7 Å². The van der Waals surface area contributed by atoms with Gasteiger partial charge in [-0.05, 0) is 42.4 Å². The monoisotopic (exact) mass is 458 g/mol. The van der Waals surface area contributed by atoms with Crippen molar-refractivity contribution >= 4 is 29.2 Å². The zero-order valence-electron chi connectivity index (χ0n) is 17.2. The Morgan fingerprint density at radius 3 is 2.72 bits per heavy atom. The van der Waals surface area contributed by atoms with Gasteiger partial charge in [0.05, 0.1) is 11.7 Å². The Morgan fingerprint density at radius 1 is 1.19 bits per heavy atom. The standard InChI is InChI=1S/C23H21F3N4OS/c1-32-18-9-5-4-8-16(18)27-22(31)17-12-19-28-20-14-7-3-2-6-13(14)10-11-15(20)21(23(24,25)26)30(19)29-17/h2-9,12,15,20-21,28H,10-11H2,1H3,(H,27,31)/t15-,20+,21+/m1/s1. The average Bonchev–Trinajstić information content (AvgIpc) is 3.20. The Balaban J connectivity index is 1.52. The van der Waals surface area contributed by atoms with Crippen LogP contribution in [0.5, 0.6) is 0 Å². The van der Waals surface area contributed by atoms with Gasteiger partial charge in [-0.2, -0.15) is 18.3 Å². The van der Waals surface area contributed by atoms with Gasteiger partial charge >= 0.3 is 6.18 Å². The van der Waals surface area contributed by atoms with Crippen molar-refractivity contribution in [1.82, 2.24) is 9.78 Å². The van der Waals surface area contributed by atoms with Crippen LogP contribution in [0.2, 0.25) is 0 Å². The third-order valence-electron chi connectivity index (χ3n) is 6.20. The molecule has 0 spiro atoms. The summed E-state index contributed by atoms with van der Waals surface area (Å²) in [5, 5.41) is 10.1. The quantitative estimate of drug-likeness (QED) is 0.495. The second kappa shape index (κ2) is 7.88. The molecule has 5 rings (SSSR count). The van der Waals surface area contributed by atoms with Crippen LogP contribution in [-0.2, 0) is 6.42 Å². The number of carbonyl (C=O) groups excluding carboxylic acids is 1. The minimum Gasteiger partial charge on any atom is -0.363 e. The van der Waals surface area contributed by atoms with E-state index in [0.29, 0.717) is 18.5 Å². The van der Waals surface area contributed by atoms with Gasteiger partial charge in [0, 0.05) is 16.9 Å². The van der Waals surface area contributed by atoms with Crippen molar-refractivity contribution in [2.45, 2.75) is 36.0 Å². The topological polar surface area (TPSA) is 59.0 Å². The normalized spacial score (nSPS) is 21.7. The number of halogens is 3. The predicted octanol–water partition coefficient (Wildman–Crippen LogP) is 5.69. The highest BCUT2D eigenvalue weighted by atomic mass is 32.2. The number of nitrogens with zero attached hydrogens (tertiary/aromatic N) is 2. The first-order valence-corrected chi connectivity index (χ1v) is 11.5. The second-order valence-corrected chi connectivity index (χ2v) is 8.87. The molecule has 3 aromatic rings. The highest BCUT2D eigenvalue weighted by Gasteiger charge is 2.53. The molecule has 0 radical (unpaired) electrons. The maximum Gasteiger partial charge on any atom is 0.411 e. The Hall–Kier alpha value is -2.94. The van der Waals surface area contributed by atoms with Crippen molar-refractivity contribution in [2.24, 2.45) is 5.92 Å². The van der Waals surface area contributed by atoms with Crippen molar-refractivity contribution in [3.63, 3.8) is 0 Å². The Labute approximate surface area is 187 Å². The molecule has 9 heteroatoms. The number of fused-ring (bicyclic) bond motifs is 4. The summed E-state index contributed by atoms with van der Waals surface area (Å²) in [4.78, 5) is 13.7. The maximum absolute atomic E-state index is 14.2. The van der Waals surface area contributed by atoms with Gasteiger partial charge in [-0.15, -0.1) is 11.8 Å². The van der Waals surface area contributed by atoms with Crippen molar-refractivity contribution in [3.05, 3.63) is 71.4 Å². The molecule has 2 aromatic carbocycles. The lowest BCUT2D eigenvalue weighted by atomic mass is 9.75. The number of hydrogen-bond acceptors (Lipinski definition) is 4. The first-order valence-electron chi connectivity index (χ1n) is 10.3. The van der Waals surface area contributed by atoms with Crippen LogP contribution >= 0.6 is 11.8 Å². The predicted molar refractivity (Wildman–Crippen MR) is 118 cm³/mol. The fourth-order valence-electron chi connectivity index (χ4n) is 4.79. The summed E-state index contributed by atoms with van der Waals surface area (Å²) in [5.74, 6) is -1.04. The molecule has 0 unspecified atom stereocenters. The van der Waals surface area contributed by atoms with E-state index in [4.69, 9.17) is 0 Å². The Morgan fingerprint density at radius 2 is 1.94 bits per heavy atom. The van der Waals surface area contributed by atoms with Gasteiger partial charge in [-0.25, -0.2) is 4.68 Å². The van der Waals surface area contributed by atoms with Gasteiger partial charge in [0.1, 0.15) is 5.82 Å². The largest absolute Gasteiger partial charge is 0.411 e. The average molecular weight is 459 g/mol. The van der Waals surface area contributed by atoms with Gasteiger partial charge in [-0.3, -0.25) is 4.79 Å². The molecule has 2 aliphatic rings. The number of thioether (sulfide) groups is 1. The Kier molecular flexibility index (Phi) is 5.16. The van der Waals surface area contributed by atoms with Gasteiger partial charge in [0.2, 0.25) is 0 Å². The first kappa shape index (κ1) is 20.9. The van der Waals surface area contributed by atoms with E-state index in [1.165, 1.54) is 17.8 Å². The summed E-state index contributed by atoms with van der Waals surface area (Å²) in [6, 6.07) is 14.0. The summed E-state index contributed by atoms with van der Waals surface area (Å²) < 4.78 is 43.6. The van der Waals surface area contributed by atoms with Gasteiger partial charge < -0.3 is 10.6 Å². The number of aromatic nitrogens is 2. The molecule has 1 aliphatic heterocycles. The number of nitrogens with one attached hydrogen (secondary N) is 2. The van der Waals surface area contributed by atoms with Crippen LogP contribution in [0.4, 0.5) is 24.7 Å². The molecule has 2 heterocycles. The van der Waals surface area contributed by atoms with Gasteiger partial charge in [0.25, 0.3) is 5.91 Å². The van der Waals surface area contributed by atoms with Crippen LogP contribution in [0, 0.1) is 5.92 Å². The highest BCUT2D eigenvalue weighted by Crippen LogP contribution is 2.51. The number of hydrogen-bond donors (Lipinski definition) is 2. The van der Waals surface area contributed by atoms with Crippen molar-refractivity contribution < 1.29 is 18.0 Å². The van der Waals surface area contributed by atoms with E-state index >= 15 is 0 Å². The fraction of sp³-hybridized carbons (Fsp3) is 0.304. The number of rotatable bonds is 3. The number of benzene rings is 2. The van der Waals surface area contributed by atoms with Crippen LogP contribution in [0.25, 0.3) is 0 Å². The lowest BCUT2D eigenvalue weighted by molar-refractivity contribution is -0.188. The van der Waals surface area contributed by atoms with Gasteiger partial charge in [0.15, 0.2) is 11.7 Å². The molecule has 0 saturated heterocycles. The first-order chi connectivity index (χ1) is 15.4. The number of carbonyl (C=O) groups is 1. The smallest absolute Gasteiger partial charge is 0.363 e. The third-order valence-corrected chi connectivity index (χ3v) is 6.99. The molecule has 2 N–H and O–H groups in total. The number of para-hydroxylation sites is 1. The molecule has 32 heavy (non-hydrogen) atoms. The van der Waals surface area contributed by atoms with E-state index < -0.39 is 30.1 Å². The molecular formula is C23H21F3N4OS. The van der Waals surface area contributed by atoms with Crippen molar-refractivity contribution in [2.75, 3.05) is 16.9 Å². The SMILES string of the molecule is CSc1ccccc1NC(=O)c1cc2n(n1)[C@H](C(F)(F)F)[C@@H]1CCc3ccccc3[C@@H]1N2. The number of amides is 1. The number of alkyl halides is 3. The minimum absolute atomic E-state index is 0.0513. The molecule has 1 aliphatic carbocycles. The van der Waals surface area contributed by atoms with Crippen molar-refractivity contribution in [3.8, 4) is 0 Å². The van der Waals surface area contributed by atoms with Crippen LogP contribution < -0.4 is 10.6 Å². The van der Waals surface area contributed by atoms with Crippen LogP contribution in [0.1, 0.15) is 40.1 Å². The Bertz CT molecular complexity index is 1180. The van der Waals surface area contributed by atoms with E-state index in [-0.39, 0.29) is 11.5 Å². The fourth-order valence-corrected chi connectivity index (χ4v) is 5.34. The molecular weight excluding hydrogens is 437 g/mol. The molecule has 0 fully saturated rings. The highest BCUT2D eigenvalue weighted by molar-refractivity contribution is 7.98. The minimum atomic E-state index is -4.49. The number of aryl methyl sites for hydroxylation is 1. The summed E-state index contributed by atoms with van der Waals surface area (Å²) in [6.45, 7) is 0. The van der Waals surface area contributed by atoms with E-state index in [2.05, 4.69) is 15.7 Å². The van der Waals surface area contributed by atoms with Gasteiger partial charge in [-0.1, -0.05) is 36.4 Å². The van der Waals surface area contributed by atoms with Crippen LogP contribution in [0.3, 0.4) is 0 Å². The van der Waals surface area contributed by atoms with Crippen molar-refractivity contribution in [1.29, 1.82) is 0 Å². The molecule has 0 saturated carbocycles. The molecule has 166 valence electrons. The van der Waals surface area contributed by atoms with E-state index in [1.807, 2.05) is 42.7 Å². The third kappa shape index (κ3) is 3.54. The molecule has 1 aromatic heterocycles. The van der Waals surface area contributed by atoms with Crippen LogP contribution in [-0.4, -0.2) is 28.1 Å².